The number of hydrogen-bond acceptors (Lipinski definition) is 1. The zero-order valence-electron chi connectivity index (χ0n) is 9.63. The van der Waals surface area contributed by atoms with Crippen LogP contribution in [0.3, 0.4) is 0 Å². The highest BCUT2D eigenvalue weighted by atomic mass is 127. The highest BCUT2D eigenvalue weighted by Gasteiger charge is 2.81. The van der Waals surface area contributed by atoms with E-state index >= 15 is 0 Å². The maximum absolute atomic E-state index is 13.1. The minimum absolute atomic E-state index is 0.0646. The smallest absolute Gasteiger partial charge is 0.396 e. The Hall–Kier alpha value is 0.0600. The summed E-state index contributed by atoms with van der Waals surface area (Å²) in [4.78, 5) is 0. The SMILES string of the molecule is OCCCC(I)CC(F)(F)C(F)(F)C(F)(F)C(F)(F)F. The molecule has 0 radical (unpaired) electrons. The lowest BCUT2D eigenvalue weighted by Crippen LogP contribution is -2.61. The van der Waals surface area contributed by atoms with Crippen LogP contribution in [0.2, 0.25) is 0 Å². The highest BCUT2D eigenvalue weighted by molar-refractivity contribution is 14.1. The van der Waals surface area contributed by atoms with Crippen molar-refractivity contribution in [2.24, 2.45) is 0 Å². The summed E-state index contributed by atoms with van der Waals surface area (Å²) in [5.41, 5.74) is 0. The molecule has 1 N–H and O–H groups in total. The van der Waals surface area contributed by atoms with Gasteiger partial charge in [0.2, 0.25) is 0 Å². The molecular formula is C9H10F9IO. The Morgan fingerprint density at radius 3 is 1.65 bits per heavy atom. The van der Waals surface area contributed by atoms with Gasteiger partial charge in [0, 0.05) is 17.0 Å². The summed E-state index contributed by atoms with van der Waals surface area (Å²) >= 11 is 1.23. The molecule has 0 saturated heterocycles. The van der Waals surface area contributed by atoms with Gasteiger partial charge in [-0.05, 0) is 12.8 Å². The fourth-order valence-corrected chi connectivity index (χ4v) is 2.22. The zero-order chi connectivity index (χ0) is 16.4. The Balaban J connectivity index is 5.16. The molecule has 0 spiro atoms. The van der Waals surface area contributed by atoms with Crippen molar-refractivity contribution in [2.45, 2.75) is 47.1 Å². The van der Waals surface area contributed by atoms with Crippen molar-refractivity contribution in [1.82, 2.24) is 0 Å². The quantitative estimate of drug-likeness (QED) is 0.359. The van der Waals surface area contributed by atoms with Gasteiger partial charge < -0.3 is 5.11 Å². The molecule has 0 fully saturated rings. The Kier molecular flexibility index (Phi) is 6.46. The van der Waals surface area contributed by atoms with E-state index in [2.05, 4.69) is 0 Å². The first-order valence-corrected chi connectivity index (χ1v) is 6.40. The molecule has 0 saturated carbocycles. The van der Waals surface area contributed by atoms with Gasteiger partial charge in [-0.2, -0.15) is 39.5 Å². The summed E-state index contributed by atoms with van der Waals surface area (Å²) in [5.74, 6) is -18.9. The van der Waals surface area contributed by atoms with Crippen LogP contribution in [0.1, 0.15) is 19.3 Å². The third-order valence-electron chi connectivity index (χ3n) is 2.36. The molecule has 20 heavy (non-hydrogen) atoms. The maximum Gasteiger partial charge on any atom is 0.460 e. The maximum atomic E-state index is 13.1. The molecule has 0 amide bonds. The second-order valence-corrected chi connectivity index (χ2v) is 5.78. The van der Waals surface area contributed by atoms with E-state index in [-0.39, 0.29) is 12.8 Å². The van der Waals surface area contributed by atoms with Gasteiger partial charge in [0.15, 0.2) is 0 Å². The van der Waals surface area contributed by atoms with Gasteiger partial charge in [0.1, 0.15) is 0 Å². The van der Waals surface area contributed by atoms with Crippen LogP contribution in [0.15, 0.2) is 0 Å². The molecule has 0 bridgehead atoms. The molecule has 0 aromatic carbocycles. The van der Waals surface area contributed by atoms with Gasteiger partial charge in [0.25, 0.3) is 0 Å². The van der Waals surface area contributed by atoms with Gasteiger partial charge in [-0.1, -0.05) is 22.6 Å². The highest BCUT2D eigenvalue weighted by Crippen LogP contribution is 2.54. The number of aliphatic hydroxyl groups excluding tert-OH is 1. The molecule has 11 heteroatoms. The predicted octanol–water partition coefficient (Wildman–Crippen LogP) is 4.42. The summed E-state index contributed by atoms with van der Waals surface area (Å²) in [5, 5.41) is 8.40. The van der Waals surface area contributed by atoms with Crippen molar-refractivity contribution in [3.05, 3.63) is 0 Å². The minimum atomic E-state index is -6.84. The number of alkyl halides is 10. The van der Waals surface area contributed by atoms with E-state index in [1.165, 1.54) is 22.6 Å². The van der Waals surface area contributed by atoms with E-state index in [1.54, 1.807) is 0 Å². The second kappa shape index (κ2) is 6.44. The molecule has 1 unspecified atom stereocenters. The second-order valence-electron chi connectivity index (χ2n) is 4.02. The minimum Gasteiger partial charge on any atom is -0.396 e. The van der Waals surface area contributed by atoms with Crippen LogP contribution in [0.5, 0.6) is 0 Å². The van der Waals surface area contributed by atoms with Crippen molar-refractivity contribution >= 4 is 22.6 Å². The van der Waals surface area contributed by atoms with E-state index in [9.17, 15) is 39.5 Å². The number of hydrogen-bond donors (Lipinski definition) is 1. The van der Waals surface area contributed by atoms with Crippen LogP contribution >= 0.6 is 22.6 Å². The summed E-state index contributed by atoms with van der Waals surface area (Å²) in [6.45, 7) is -0.444. The molecule has 1 nitrogen and oxygen atoms in total. The van der Waals surface area contributed by atoms with Crippen molar-refractivity contribution in [1.29, 1.82) is 0 Å². The summed E-state index contributed by atoms with van der Waals surface area (Å²) < 4.78 is 111. The normalized spacial score (nSPS) is 16.4. The molecule has 0 aromatic rings. The van der Waals surface area contributed by atoms with E-state index < -0.39 is 40.9 Å². The van der Waals surface area contributed by atoms with Crippen LogP contribution in [-0.2, 0) is 0 Å². The average Bonchev–Trinajstić information content (AvgIpc) is 2.23. The third kappa shape index (κ3) is 4.04. The first kappa shape index (κ1) is 20.1. The molecule has 0 aliphatic carbocycles. The van der Waals surface area contributed by atoms with Crippen LogP contribution in [0.25, 0.3) is 0 Å². The van der Waals surface area contributed by atoms with Crippen LogP contribution < -0.4 is 0 Å². The molecule has 0 aromatic heterocycles. The van der Waals surface area contributed by atoms with Crippen molar-refractivity contribution in [2.75, 3.05) is 6.61 Å². The Morgan fingerprint density at radius 2 is 1.30 bits per heavy atom. The predicted molar refractivity (Wildman–Crippen MR) is 59.6 cm³/mol. The van der Waals surface area contributed by atoms with Crippen LogP contribution in [0.4, 0.5) is 39.5 Å². The van der Waals surface area contributed by atoms with Gasteiger partial charge in [-0.25, -0.2) is 0 Å². The molecule has 0 aliphatic heterocycles. The molecular weight excluding hydrogens is 422 g/mol. The Morgan fingerprint density at radius 1 is 0.850 bits per heavy atom. The van der Waals surface area contributed by atoms with Gasteiger partial charge in [-0.15, -0.1) is 0 Å². The Bertz CT molecular complexity index is 315. The average molecular weight is 432 g/mol. The van der Waals surface area contributed by atoms with Crippen molar-refractivity contribution in [3.63, 3.8) is 0 Å². The van der Waals surface area contributed by atoms with Crippen LogP contribution in [0, 0.1) is 0 Å². The lowest BCUT2D eigenvalue weighted by molar-refractivity contribution is -0.396. The lowest BCUT2D eigenvalue weighted by atomic mass is 9.98. The van der Waals surface area contributed by atoms with E-state index in [0.717, 1.165) is 0 Å². The Labute approximate surface area is 121 Å². The molecule has 0 aliphatic rings. The molecule has 0 heterocycles. The van der Waals surface area contributed by atoms with Gasteiger partial charge in [-0.3, -0.25) is 0 Å². The number of halogens is 10. The van der Waals surface area contributed by atoms with Gasteiger partial charge in [0.05, 0.1) is 0 Å². The van der Waals surface area contributed by atoms with E-state index in [1.807, 2.05) is 0 Å². The van der Waals surface area contributed by atoms with Crippen LogP contribution in [-0.4, -0.2) is 39.6 Å². The zero-order valence-corrected chi connectivity index (χ0v) is 11.8. The monoisotopic (exact) mass is 432 g/mol. The molecule has 0 rings (SSSR count). The largest absolute Gasteiger partial charge is 0.460 e. The standard InChI is InChI=1S/C9H10F9IO/c10-6(11,4-5(19)2-1-3-20)7(12,13)8(14,15)9(16,17)18/h5,20H,1-4H2. The fourth-order valence-electron chi connectivity index (χ4n) is 1.23. The molecule has 122 valence electrons. The van der Waals surface area contributed by atoms with Crippen molar-refractivity contribution in [3.8, 4) is 0 Å². The summed E-state index contributed by atoms with van der Waals surface area (Å²) in [7, 11) is 0. The lowest BCUT2D eigenvalue weighted by Gasteiger charge is -2.34. The van der Waals surface area contributed by atoms with Crippen molar-refractivity contribution < 1.29 is 44.6 Å². The fraction of sp³-hybridized carbons (Fsp3) is 1.00. The number of aliphatic hydroxyl groups is 1. The number of rotatable bonds is 7. The van der Waals surface area contributed by atoms with Gasteiger partial charge >= 0.3 is 23.9 Å². The molecule has 1 atom stereocenters. The first-order valence-electron chi connectivity index (χ1n) is 5.16. The first-order chi connectivity index (χ1) is 8.70. The summed E-state index contributed by atoms with van der Waals surface area (Å²) in [6.07, 6.45) is -8.93. The van der Waals surface area contributed by atoms with E-state index in [0.29, 0.717) is 0 Å². The third-order valence-corrected chi connectivity index (χ3v) is 3.43. The van der Waals surface area contributed by atoms with E-state index in [4.69, 9.17) is 5.11 Å². The summed E-state index contributed by atoms with van der Waals surface area (Å²) in [6, 6.07) is 0. The topological polar surface area (TPSA) is 20.2 Å².